The molecule has 1 aliphatic heterocycles. The Morgan fingerprint density at radius 3 is 1.06 bits per heavy atom. The molecule has 0 saturated carbocycles. The summed E-state index contributed by atoms with van der Waals surface area (Å²) in [5.41, 5.74) is 3.46. The van der Waals surface area contributed by atoms with Crippen LogP contribution in [0.5, 0.6) is 0 Å². The predicted molar refractivity (Wildman–Crippen MR) is 147 cm³/mol. The van der Waals surface area contributed by atoms with Crippen molar-refractivity contribution in [3.63, 3.8) is 0 Å². The number of ether oxygens (including phenoxy) is 1. The van der Waals surface area contributed by atoms with Gasteiger partial charge >= 0.3 is 11.9 Å². The average Bonchev–Trinajstić information content (AvgIpc) is 3.13. The smallest absolute Gasteiger partial charge is 0.346 e. The first-order valence-corrected chi connectivity index (χ1v) is 15.1. The van der Waals surface area contributed by atoms with Crippen molar-refractivity contribution in [2.24, 2.45) is 0 Å². The molecule has 198 valence electrons. The Hall–Kier alpha value is -1.64. The highest BCUT2D eigenvalue weighted by atomic mass is 16.6. The normalized spacial score (nSPS) is 12.9. The third kappa shape index (κ3) is 11.8. The van der Waals surface area contributed by atoms with E-state index in [1.54, 1.807) is 0 Å². The summed E-state index contributed by atoms with van der Waals surface area (Å²) >= 11 is 0. The highest BCUT2D eigenvalue weighted by Crippen LogP contribution is 2.27. The number of carbonyl (C=O) groups is 2. The number of esters is 2. The highest BCUT2D eigenvalue weighted by Gasteiger charge is 2.30. The number of aryl methyl sites for hydroxylation is 2. The van der Waals surface area contributed by atoms with Crippen LogP contribution in [0.1, 0.15) is 174 Å². The van der Waals surface area contributed by atoms with Crippen molar-refractivity contribution in [1.29, 1.82) is 0 Å². The van der Waals surface area contributed by atoms with E-state index in [-0.39, 0.29) is 0 Å². The van der Waals surface area contributed by atoms with E-state index in [0.717, 1.165) is 25.7 Å². The summed E-state index contributed by atoms with van der Waals surface area (Å²) in [6.07, 6.45) is 28.5. The molecule has 0 aromatic heterocycles. The van der Waals surface area contributed by atoms with E-state index in [4.69, 9.17) is 4.74 Å². The summed E-state index contributed by atoms with van der Waals surface area (Å²) in [5, 5.41) is 0. The van der Waals surface area contributed by atoms with Crippen LogP contribution in [0.2, 0.25) is 0 Å². The number of carbonyl (C=O) groups excluding carboxylic acids is 2. The van der Waals surface area contributed by atoms with E-state index in [2.05, 4.69) is 13.8 Å². The number of fused-ring (bicyclic) bond motifs is 1. The standard InChI is InChI=1S/C32H52O3/c1-3-5-7-9-11-13-15-17-19-21-23-27-25-29-30(32(34)35-31(29)33)26-28(27)24-22-20-18-16-14-12-10-8-6-4-2/h25-26H,3-24H2,1-2H3. The Kier molecular flexibility index (Phi) is 15.7. The molecule has 3 heteroatoms. The second-order valence-electron chi connectivity index (χ2n) is 10.7. The molecule has 1 aromatic rings. The van der Waals surface area contributed by atoms with Gasteiger partial charge in [-0.3, -0.25) is 0 Å². The summed E-state index contributed by atoms with van der Waals surface area (Å²) in [6.45, 7) is 4.54. The van der Waals surface area contributed by atoms with Crippen molar-refractivity contribution in [3.8, 4) is 0 Å². The molecule has 0 spiro atoms. The van der Waals surface area contributed by atoms with E-state index in [9.17, 15) is 9.59 Å². The third-order valence-corrected chi connectivity index (χ3v) is 7.56. The Labute approximate surface area is 215 Å². The lowest BCUT2D eigenvalue weighted by Crippen LogP contribution is -2.02. The first-order valence-electron chi connectivity index (χ1n) is 15.1. The topological polar surface area (TPSA) is 43.4 Å². The van der Waals surface area contributed by atoms with Gasteiger partial charge in [0.2, 0.25) is 0 Å². The third-order valence-electron chi connectivity index (χ3n) is 7.56. The first kappa shape index (κ1) is 29.6. The largest absolute Gasteiger partial charge is 0.386 e. The van der Waals surface area contributed by atoms with E-state index < -0.39 is 11.9 Å². The Morgan fingerprint density at radius 1 is 0.457 bits per heavy atom. The minimum atomic E-state index is -0.472. The summed E-state index contributed by atoms with van der Waals surface area (Å²) in [5.74, 6) is -0.945. The Morgan fingerprint density at radius 2 is 0.743 bits per heavy atom. The van der Waals surface area contributed by atoms with Gasteiger partial charge in [0, 0.05) is 0 Å². The van der Waals surface area contributed by atoms with Gasteiger partial charge in [-0.15, -0.1) is 0 Å². The van der Waals surface area contributed by atoms with Crippen molar-refractivity contribution in [2.75, 3.05) is 0 Å². The van der Waals surface area contributed by atoms with Crippen LogP contribution in [-0.2, 0) is 17.6 Å². The zero-order valence-corrected chi connectivity index (χ0v) is 22.9. The fraction of sp³-hybridized carbons (Fsp3) is 0.750. The second kappa shape index (κ2) is 18.6. The molecule has 1 aromatic carbocycles. The zero-order chi connectivity index (χ0) is 25.1. The van der Waals surface area contributed by atoms with Gasteiger partial charge in [0.1, 0.15) is 0 Å². The van der Waals surface area contributed by atoms with Gasteiger partial charge in [0.15, 0.2) is 0 Å². The molecule has 2 rings (SSSR count). The van der Waals surface area contributed by atoms with Gasteiger partial charge in [0.25, 0.3) is 0 Å². The molecule has 1 heterocycles. The van der Waals surface area contributed by atoms with Crippen LogP contribution in [0.4, 0.5) is 0 Å². The lowest BCUT2D eigenvalue weighted by Gasteiger charge is -2.11. The van der Waals surface area contributed by atoms with Gasteiger partial charge < -0.3 is 4.74 Å². The van der Waals surface area contributed by atoms with Crippen molar-refractivity contribution >= 4 is 11.9 Å². The number of hydrogen-bond acceptors (Lipinski definition) is 3. The molecule has 0 N–H and O–H groups in total. The molecule has 1 aliphatic rings. The van der Waals surface area contributed by atoms with Crippen molar-refractivity contribution in [2.45, 2.75) is 155 Å². The van der Waals surface area contributed by atoms with E-state index >= 15 is 0 Å². The molecule has 35 heavy (non-hydrogen) atoms. The molecule has 3 nitrogen and oxygen atoms in total. The number of rotatable bonds is 22. The Balaban J connectivity index is 1.72. The second-order valence-corrected chi connectivity index (χ2v) is 10.7. The number of benzene rings is 1. The quantitative estimate of drug-likeness (QED) is 0.0934. The fourth-order valence-corrected chi connectivity index (χ4v) is 5.29. The maximum absolute atomic E-state index is 12.1. The summed E-state index contributed by atoms with van der Waals surface area (Å²) in [6, 6.07) is 3.92. The van der Waals surface area contributed by atoms with Gasteiger partial charge in [-0.2, -0.15) is 0 Å². The number of hydrogen-bond donors (Lipinski definition) is 0. The summed E-state index contributed by atoms with van der Waals surface area (Å²) in [7, 11) is 0. The van der Waals surface area contributed by atoms with Crippen LogP contribution < -0.4 is 0 Å². The number of cyclic esters (lactones) is 2. The van der Waals surface area contributed by atoms with Gasteiger partial charge in [0.05, 0.1) is 11.1 Å². The lowest BCUT2D eigenvalue weighted by molar-refractivity contribution is 0.0443. The fourth-order valence-electron chi connectivity index (χ4n) is 5.29. The number of unbranched alkanes of at least 4 members (excludes halogenated alkanes) is 18. The molecular formula is C32H52O3. The van der Waals surface area contributed by atoms with Crippen molar-refractivity contribution in [3.05, 3.63) is 34.4 Å². The molecule has 0 fully saturated rings. The van der Waals surface area contributed by atoms with Crippen LogP contribution in [0.25, 0.3) is 0 Å². The van der Waals surface area contributed by atoms with Gasteiger partial charge in [-0.25, -0.2) is 9.59 Å². The van der Waals surface area contributed by atoms with Crippen molar-refractivity contribution < 1.29 is 14.3 Å². The van der Waals surface area contributed by atoms with Crippen LogP contribution in [-0.4, -0.2) is 11.9 Å². The molecule has 0 unspecified atom stereocenters. The minimum absolute atomic E-state index is 0.472. The molecule has 0 atom stereocenters. The molecular weight excluding hydrogens is 432 g/mol. The SMILES string of the molecule is CCCCCCCCCCCCc1cc2c(cc1CCCCCCCCCCCC)C(=O)OC2=O. The molecule has 0 aliphatic carbocycles. The lowest BCUT2D eigenvalue weighted by atomic mass is 9.92. The van der Waals surface area contributed by atoms with Crippen molar-refractivity contribution in [1.82, 2.24) is 0 Å². The molecule has 0 radical (unpaired) electrons. The maximum Gasteiger partial charge on any atom is 0.346 e. The van der Waals surface area contributed by atoms with Crippen LogP contribution in [0, 0.1) is 0 Å². The molecule has 0 saturated heterocycles. The predicted octanol–water partition coefficient (Wildman–Crippen LogP) is 9.92. The minimum Gasteiger partial charge on any atom is -0.386 e. The van der Waals surface area contributed by atoms with Crippen LogP contribution in [0.3, 0.4) is 0 Å². The monoisotopic (exact) mass is 484 g/mol. The zero-order valence-electron chi connectivity index (χ0n) is 22.9. The summed E-state index contributed by atoms with van der Waals surface area (Å²) < 4.78 is 4.87. The van der Waals surface area contributed by atoms with Gasteiger partial charge in [-0.05, 0) is 48.9 Å². The Bertz CT molecular complexity index is 676. The van der Waals surface area contributed by atoms with Crippen LogP contribution >= 0.6 is 0 Å². The van der Waals surface area contributed by atoms with E-state index in [0.29, 0.717) is 11.1 Å². The average molecular weight is 485 g/mol. The van der Waals surface area contributed by atoms with Gasteiger partial charge in [-0.1, -0.05) is 129 Å². The first-order chi connectivity index (χ1) is 17.2. The van der Waals surface area contributed by atoms with E-state index in [1.807, 2.05) is 12.1 Å². The van der Waals surface area contributed by atoms with Crippen LogP contribution in [0.15, 0.2) is 12.1 Å². The molecule has 0 amide bonds. The van der Waals surface area contributed by atoms with E-state index in [1.165, 1.54) is 127 Å². The maximum atomic E-state index is 12.1. The summed E-state index contributed by atoms with van der Waals surface area (Å²) in [4.78, 5) is 24.2. The molecule has 0 bridgehead atoms. The highest BCUT2D eigenvalue weighted by molar-refractivity contribution is 6.14.